The molecule has 0 amide bonds. The summed E-state index contributed by atoms with van der Waals surface area (Å²) in [6.45, 7) is -0.570. The van der Waals surface area contributed by atoms with Crippen molar-refractivity contribution in [3.63, 3.8) is 0 Å². The number of aliphatic carboxylic acids is 1. The molecule has 13 heavy (non-hydrogen) atoms. The maximum Gasteiger partial charge on any atom is 0.307 e. The van der Waals surface area contributed by atoms with Gasteiger partial charge in [-0.3, -0.25) is 4.79 Å². The Morgan fingerprint density at radius 1 is 1.62 bits per heavy atom. The van der Waals surface area contributed by atoms with Crippen LogP contribution in [-0.4, -0.2) is 41.8 Å². The van der Waals surface area contributed by atoms with Crippen LogP contribution in [0.1, 0.15) is 6.92 Å². The molecule has 0 aliphatic rings. The summed E-state index contributed by atoms with van der Waals surface area (Å²) in [5.74, 6) is -4.94. The number of aliphatic hydroxyl groups is 1. The maximum absolute atomic E-state index is 12.3. The van der Waals surface area contributed by atoms with Gasteiger partial charge in [0.1, 0.15) is 6.61 Å². The standard InChI is InChI=1S/C7H13F2NO3/c1-5(6(12)13)2-10-3-7(8,9)4-11/h5,10-11H,2-4H2,1H3,(H,12,13). The fraction of sp³-hybridized carbons (Fsp3) is 0.857. The second-order valence-electron chi connectivity index (χ2n) is 2.88. The lowest BCUT2D eigenvalue weighted by Crippen LogP contribution is -2.38. The van der Waals surface area contributed by atoms with Crippen molar-refractivity contribution in [1.29, 1.82) is 0 Å². The van der Waals surface area contributed by atoms with Gasteiger partial charge in [-0.05, 0) is 0 Å². The number of rotatable bonds is 6. The van der Waals surface area contributed by atoms with Gasteiger partial charge in [-0.1, -0.05) is 6.92 Å². The van der Waals surface area contributed by atoms with Crippen molar-refractivity contribution < 1.29 is 23.8 Å². The van der Waals surface area contributed by atoms with Gasteiger partial charge in [0, 0.05) is 6.54 Å². The molecule has 0 aromatic heterocycles. The zero-order valence-corrected chi connectivity index (χ0v) is 7.26. The molecule has 0 spiro atoms. The molecule has 1 atom stereocenters. The van der Waals surface area contributed by atoms with E-state index in [9.17, 15) is 13.6 Å². The van der Waals surface area contributed by atoms with Crippen LogP contribution < -0.4 is 5.32 Å². The molecule has 0 heterocycles. The summed E-state index contributed by atoms with van der Waals surface area (Å²) in [4.78, 5) is 10.2. The number of carboxylic acids is 1. The normalized spacial score (nSPS) is 14.2. The molecular formula is C7H13F2NO3. The number of nitrogens with one attached hydrogen (secondary N) is 1. The molecular weight excluding hydrogens is 184 g/mol. The van der Waals surface area contributed by atoms with Crippen molar-refractivity contribution in [3.8, 4) is 0 Å². The largest absolute Gasteiger partial charge is 0.481 e. The summed E-state index contributed by atoms with van der Waals surface area (Å²) in [6, 6.07) is 0. The van der Waals surface area contributed by atoms with Gasteiger partial charge >= 0.3 is 5.97 Å². The number of carboxylic acid groups (broad SMARTS) is 1. The van der Waals surface area contributed by atoms with Gasteiger partial charge in [0.15, 0.2) is 0 Å². The summed E-state index contributed by atoms with van der Waals surface area (Å²) in [5, 5.41) is 18.8. The van der Waals surface area contributed by atoms with Crippen LogP contribution in [0.3, 0.4) is 0 Å². The highest BCUT2D eigenvalue weighted by atomic mass is 19.3. The van der Waals surface area contributed by atoms with Gasteiger partial charge in [0.25, 0.3) is 5.92 Å². The molecule has 0 fully saturated rings. The molecule has 4 nitrogen and oxygen atoms in total. The number of carbonyl (C=O) groups is 1. The number of halogens is 2. The van der Waals surface area contributed by atoms with E-state index in [2.05, 4.69) is 5.32 Å². The first kappa shape index (κ1) is 12.2. The fourth-order valence-electron chi connectivity index (χ4n) is 0.615. The lowest BCUT2D eigenvalue weighted by molar-refractivity contribution is -0.141. The molecule has 3 N–H and O–H groups in total. The van der Waals surface area contributed by atoms with Gasteiger partial charge in [-0.2, -0.15) is 0 Å². The summed E-state index contributed by atoms with van der Waals surface area (Å²) >= 11 is 0. The van der Waals surface area contributed by atoms with Crippen molar-refractivity contribution in [3.05, 3.63) is 0 Å². The minimum absolute atomic E-state index is 0.0368. The van der Waals surface area contributed by atoms with Gasteiger partial charge < -0.3 is 15.5 Å². The Hall–Kier alpha value is -0.750. The molecule has 6 heteroatoms. The molecule has 0 aromatic carbocycles. The molecule has 0 aliphatic heterocycles. The first-order chi connectivity index (χ1) is 5.89. The van der Waals surface area contributed by atoms with Crippen molar-refractivity contribution in [2.75, 3.05) is 19.7 Å². The van der Waals surface area contributed by atoms with E-state index in [0.29, 0.717) is 0 Å². The van der Waals surface area contributed by atoms with Crippen molar-refractivity contribution in [2.24, 2.45) is 5.92 Å². The highest BCUT2D eigenvalue weighted by Gasteiger charge is 2.27. The summed E-state index contributed by atoms with van der Waals surface area (Å²) in [6.07, 6.45) is 0. The third-order valence-corrected chi connectivity index (χ3v) is 1.49. The zero-order valence-electron chi connectivity index (χ0n) is 7.26. The van der Waals surface area contributed by atoms with E-state index in [-0.39, 0.29) is 6.54 Å². The van der Waals surface area contributed by atoms with E-state index in [0.717, 1.165) is 0 Å². The summed E-state index contributed by atoms with van der Waals surface area (Å²) in [7, 11) is 0. The Balaban J connectivity index is 3.62. The highest BCUT2D eigenvalue weighted by molar-refractivity contribution is 5.69. The second kappa shape index (κ2) is 5.08. The predicted molar refractivity (Wildman–Crippen MR) is 41.7 cm³/mol. The Labute approximate surface area is 74.6 Å². The number of alkyl halides is 2. The second-order valence-corrected chi connectivity index (χ2v) is 2.88. The van der Waals surface area contributed by atoms with Crippen molar-refractivity contribution in [2.45, 2.75) is 12.8 Å². The maximum atomic E-state index is 12.3. The molecule has 0 saturated carbocycles. The van der Waals surface area contributed by atoms with Gasteiger partial charge in [-0.15, -0.1) is 0 Å². The lowest BCUT2D eigenvalue weighted by atomic mass is 10.2. The molecule has 0 rings (SSSR count). The van der Waals surface area contributed by atoms with E-state index in [1.807, 2.05) is 0 Å². The van der Waals surface area contributed by atoms with Crippen LogP contribution in [0.4, 0.5) is 8.78 Å². The minimum Gasteiger partial charge on any atom is -0.481 e. The van der Waals surface area contributed by atoms with Gasteiger partial charge in [0.2, 0.25) is 0 Å². The third-order valence-electron chi connectivity index (χ3n) is 1.49. The van der Waals surface area contributed by atoms with Crippen LogP contribution in [0, 0.1) is 5.92 Å². The average molecular weight is 197 g/mol. The average Bonchev–Trinajstić information content (AvgIpc) is 2.04. The van der Waals surface area contributed by atoms with Crippen LogP contribution in [0.15, 0.2) is 0 Å². The van der Waals surface area contributed by atoms with E-state index in [4.69, 9.17) is 10.2 Å². The van der Waals surface area contributed by atoms with Crippen molar-refractivity contribution >= 4 is 5.97 Å². The molecule has 0 radical (unpaired) electrons. The van der Waals surface area contributed by atoms with Crippen molar-refractivity contribution in [1.82, 2.24) is 5.32 Å². The Kier molecular flexibility index (Phi) is 4.79. The minimum atomic E-state index is -3.18. The Bertz CT molecular complexity index is 175. The molecule has 0 aliphatic carbocycles. The highest BCUT2D eigenvalue weighted by Crippen LogP contribution is 2.09. The number of hydrogen-bond acceptors (Lipinski definition) is 3. The SMILES string of the molecule is CC(CNCC(F)(F)CO)C(=O)O. The molecule has 1 unspecified atom stereocenters. The first-order valence-electron chi connectivity index (χ1n) is 3.81. The molecule has 0 aromatic rings. The third kappa shape index (κ3) is 5.48. The van der Waals surface area contributed by atoms with E-state index < -0.39 is 31.0 Å². The summed E-state index contributed by atoms with van der Waals surface area (Å²) < 4.78 is 24.7. The van der Waals surface area contributed by atoms with Crippen LogP contribution >= 0.6 is 0 Å². The topological polar surface area (TPSA) is 69.6 Å². The fourth-order valence-corrected chi connectivity index (χ4v) is 0.615. The number of hydrogen-bond donors (Lipinski definition) is 3. The van der Waals surface area contributed by atoms with Crippen LogP contribution in [0.5, 0.6) is 0 Å². The van der Waals surface area contributed by atoms with Gasteiger partial charge in [0.05, 0.1) is 12.5 Å². The molecule has 0 saturated heterocycles. The quantitative estimate of drug-likeness (QED) is 0.557. The van der Waals surface area contributed by atoms with Crippen LogP contribution in [0.25, 0.3) is 0 Å². The summed E-state index contributed by atoms with van der Waals surface area (Å²) in [5.41, 5.74) is 0. The van der Waals surface area contributed by atoms with E-state index in [1.54, 1.807) is 0 Å². The van der Waals surface area contributed by atoms with E-state index >= 15 is 0 Å². The molecule has 0 bridgehead atoms. The van der Waals surface area contributed by atoms with E-state index in [1.165, 1.54) is 6.92 Å². The first-order valence-corrected chi connectivity index (χ1v) is 3.81. The predicted octanol–water partition coefficient (Wildman–Crippen LogP) is -0.0757. The Morgan fingerprint density at radius 2 is 2.15 bits per heavy atom. The Morgan fingerprint density at radius 3 is 2.54 bits per heavy atom. The lowest BCUT2D eigenvalue weighted by Gasteiger charge is -2.14. The molecule has 78 valence electrons. The smallest absolute Gasteiger partial charge is 0.307 e. The monoisotopic (exact) mass is 197 g/mol. The zero-order chi connectivity index (χ0) is 10.5. The number of aliphatic hydroxyl groups excluding tert-OH is 1. The van der Waals surface area contributed by atoms with Gasteiger partial charge in [-0.25, -0.2) is 8.78 Å². The van der Waals surface area contributed by atoms with Crippen LogP contribution in [0.2, 0.25) is 0 Å². The van der Waals surface area contributed by atoms with Crippen LogP contribution in [-0.2, 0) is 4.79 Å².